The molecule has 8 heteroatoms. The predicted octanol–water partition coefficient (Wildman–Crippen LogP) is 5.91. The number of rotatable bonds is 7. The average molecular weight is 532 g/mol. The van der Waals surface area contributed by atoms with E-state index < -0.39 is 26.2 Å². The van der Waals surface area contributed by atoms with Gasteiger partial charge < -0.3 is 9.16 Å². The zero-order valence-corrected chi connectivity index (χ0v) is 23.8. The Labute approximate surface area is 226 Å². The number of hydrazine groups is 1. The van der Waals surface area contributed by atoms with Gasteiger partial charge in [-0.3, -0.25) is 14.6 Å². The lowest BCUT2D eigenvalue weighted by molar-refractivity contribution is -0.139. The molecule has 1 heterocycles. The van der Waals surface area contributed by atoms with Gasteiger partial charge in [0, 0.05) is 6.20 Å². The number of carbonyl (C=O) groups is 2. The van der Waals surface area contributed by atoms with Gasteiger partial charge in [-0.25, -0.2) is 10.9 Å². The second-order valence-corrected chi connectivity index (χ2v) is 16.1. The summed E-state index contributed by atoms with van der Waals surface area (Å²) < 4.78 is 12.7. The minimum absolute atomic E-state index is 0.118. The number of hydrogen-bond acceptors (Lipinski definition) is 6. The number of aryl methyl sites for hydroxylation is 1. The number of nitrogens with two attached hydrogens (primary N) is 1. The third-order valence-corrected chi connectivity index (χ3v) is 12.1. The molecule has 2 unspecified atom stereocenters. The number of hydrogen-bond donors (Lipinski definition) is 1. The summed E-state index contributed by atoms with van der Waals surface area (Å²) in [6.07, 6.45) is 2.83. The van der Waals surface area contributed by atoms with E-state index in [0.29, 0.717) is 11.4 Å². The molecule has 0 radical (unpaired) electrons. The van der Waals surface area contributed by atoms with Gasteiger partial charge in [0.2, 0.25) is 0 Å². The van der Waals surface area contributed by atoms with Gasteiger partial charge >= 0.3 is 0 Å². The Bertz CT molecular complexity index is 1280. The van der Waals surface area contributed by atoms with Crippen molar-refractivity contribution in [3.8, 4) is 11.5 Å². The summed E-state index contributed by atoms with van der Waals surface area (Å²) in [4.78, 5) is 30.8. The summed E-state index contributed by atoms with van der Waals surface area (Å²) in [5.41, 5.74) is 2.47. The monoisotopic (exact) mass is 531 g/mol. The van der Waals surface area contributed by atoms with Crippen molar-refractivity contribution < 1.29 is 18.8 Å². The number of carbonyl (C=O) groups excluding carboxylic acids is 2. The van der Waals surface area contributed by atoms with E-state index in [1.54, 1.807) is 18.2 Å². The van der Waals surface area contributed by atoms with Crippen LogP contribution in [-0.2, 0) is 22.1 Å². The van der Waals surface area contributed by atoms with Gasteiger partial charge in [0.15, 0.2) is 8.32 Å². The second kappa shape index (κ2) is 11.2. The Morgan fingerprint density at radius 2 is 1.71 bits per heavy atom. The van der Waals surface area contributed by atoms with Crippen LogP contribution in [-0.4, -0.2) is 36.2 Å². The van der Waals surface area contributed by atoms with E-state index in [-0.39, 0.29) is 16.7 Å². The highest BCUT2D eigenvalue weighted by Gasteiger charge is 2.45. The highest BCUT2D eigenvalue weighted by Crippen LogP contribution is 2.40. The van der Waals surface area contributed by atoms with Gasteiger partial charge in [-0.2, -0.15) is 0 Å². The summed E-state index contributed by atoms with van der Waals surface area (Å²) in [5.74, 6) is 6.42. The molecule has 0 aliphatic heterocycles. The van der Waals surface area contributed by atoms with Crippen LogP contribution in [0.25, 0.3) is 0 Å². The van der Waals surface area contributed by atoms with Crippen molar-refractivity contribution >= 4 is 20.1 Å². The van der Waals surface area contributed by atoms with E-state index in [2.05, 4.69) is 51.0 Å². The van der Waals surface area contributed by atoms with Gasteiger partial charge in [0.05, 0.1) is 0 Å². The maximum Gasteiger partial charge on any atom is 0.293 e. The quantitative estimate of drug-likeness (QED) is 0.176. The van der Waals surface area contributed by atoms with E-state index in [4.69, 9.17) is 15.0 Å². The molecule has 4 rings (SSSR count). The standard InChI is InChI=1S/C30H37N3O4Si/c1-30(2,3)38(4,5)37-27(29(35)33(31)28(34)26-13-9-10-18-32-26)23-15-14-22-20-25(17-16-21(22)19-23)36-24-11-7-6-8-12-24/h6-13,16-18,20,23,27H,14-15,19,31H2,1-5H3. The predicted molar refractivity (Wildman–Crippen MR) is 150 cm³/mol. The Hall–Kier alpha value is -3.33. The molecule has 0 saturated carbocycles. The molecule has 7 nitrogen and oxygen atoms in total. The number of imide groups is 1. The molecule has 3 aromatic rings. The minimum Gasteiger partial charge on any atom is -0.457 e. The molecule has 38 heavy (non-hydrogen) atoms. The topological polar surface area (TPSA) is 94.8 Å². The molecule has 1 aliphatic rings. The van der Waals surface area contributed by atoms with E-state index in [1.165, 1.54) is 11.8 Å². The summed E-state index contributed by atoms with van der Waals surface area (Å²) in [7, 11) is -2.37. The van der Waals surface area contributed by atoms with Gasteiger partial charge in [-0.1, -0.05) is 51.1 Å². The van der Waals surface area contributed by atoms with Crippen molar-refractivity contribution in [1.82, 2.24) is 9.99 Å². The fourth-order valence-corrected chi connectivity index (χ4v) is 5.68. The van der Waals surface area contributed by atoms with Crippen LogP contribution in [0.3, 0.4) is 0 Å². The Balaban J connectivity index is 1.58. The molecule has 0 bridgehead atoms. The van der Waals surface area contributed by atoms with Crippen molar-refractivity contribution in [1.29, 1.82) is 0 Å². The highest BCUT2D eigenvalue weighted by molar-refractivity contribution is 6.74. The first-order chi connectivity index (χ1) is 18.0. The maximum absolute atomic E-state index is 13.8. The van der Waals surface area contributed by atoms with Crippen LogP contribution in [0.1, 0.15) is 48.8 Å². The minimum atomic E-state index is -2.37. The van der Waals surface area contributed by atoms with Crippen LogP contribution in [0.15, 0.2) is 72.9 Å². The van der Waals surface area contributed by atoms with Gasteiger partial charge in [-0.05, 0) is 90.8 Å². The molecule has 2 atom stereocenters. The van der Waals surface area contributed by atoms with Crippen molar-refractivity contribution in [2.45, 2.75) is 64.3 Å². The molecule has 1 aromatic heterocycles. The molecule has 0 fully saturated rings. The van der Waals surface area contributed by atoms with Crippen LogP contribution in [0.5, 0.6) is 11.5 Å². The normalized spacial score (nSPS) is 16.3. The largest absolute Gasteiger partial charge is 0.457 e. The van der Waals surface area contributed by atoms with E-state index >= 15 is 0 Å². The van der Waals surface area contributed by atoms with Crippen molar-refractivity contribution in [2.75, 3.05) is 0 Å². The van der Waals surface area contributed by atoms with E-state index in [9.17, 15) is 9.59 Å². The summed E-state index contributed by atoms with van der Waals surface area (Å²) in [5, 5.41) is 0.568. The molecule has 1 aliphatic carbocycles. The smallest absolute Gasteiger partial charge is 0.293 e. The van der Waals surface area contributed by atoms with Crippen LogP contribution in [0.2, 0.25) is 18.1 Å². The highest BCUT2D eigenvalue weighted by atomic mass is 28.4. The van der Waals surface area contributed by atoms with Crippen LogP contribution < -0.4 is 10.6 Å². The van der Waals surface area contributed by atoms with Gasteiger partial charge in [0.1, 0.15) is 23.3 Å². The number of nitrogens with zero attached hydrogens (tertiary/aromatic N) is 2. The van der Waals surface area contributed by atoms with Gasteiger partial charge in [-0.15, -0.1) is 0 Å². The molecule has 2 amide bonds. The van der Waals surface area contributed by atoms with E-state index in [1.807, 2.05) is 36.4 Å². The average Bonchev–Trinajstić information content (AvgIpc) is 2.90. The molecule has 0 spiro atoms. The molecule has 2 N–H and O–H groups in total. The zero-order chi connectivity index (χ0) is 27.5. The molecule has 2 aromatic carbocycles. The maximum atomic E-state index is 13.8. The molecular formula is C30H37N3O4Si. The lowest BCUT2D eigenvalue weighted by Crippen LogP contribution is -2.56. The van der Waals surface area contributed by atoms with Crippen molar-refractivity contribution in [3.05, 3.63) is 89.7 Å². The fourth-order valence-electron chi connectivity index (χ4n) is 4.40. The zero-order valence-electron chi connectivity index (χ0n) is 22.8. The third kappa shape index (κ3) is 6.20. The van der Waals surface area contributed by atoms with Crippen molar-refractivity contribution in [2.24, 2.45) is 11.8 Å². The molecular weight excluding hydrogens is 494 g/mol. The SMILES string of the molecule is CC(C)(C)[Si](C)(C)OC(C(=O)N(N)C(=O)c1ccccn1)C1CCc2cc(Oc3ccccc3)ccc2C1. The number of ether oxygens (including phenoxy) is 1. The van der Waals surface area contributed by atoms with Crippen LogP contribution in [0, 0.1) is 5.92 Å². The first kappa shape index (κ1) is 27.7. The first-order valence-electron chi connectivity index (χ1n) is 13.0. The fraction of sp³-hybridized carbons (Fsp3) is 0.367. The van der Waals surface area contributed by atoms with E-state index in [0.717, 1.165) is 29.9 Å². The molecule has 200 valence electrons. The lowest BCUT2D eigenvalue weighted by Gasteiger charge is -2.42. The number of fused-ring (bicyclic) bond motifs is 1. The molecule has 0 saturated heterocycles. The Morgan fingerprint density at radius 1 is 1.00 bits per heavy atom. The van der Waals surface area contributed by atoms with Crippen LogP contribution >= 0.6 is 0 Å². The third-order valence-electron chi connectivity index (χ3n) is 7.66. The summed E-state index contributed by atoms with van der Waals surface area (Å²) >= 11 is 0. The van der Waals surface area contributed by atoms with Crippen LogP contribution in [0.4, 0.5) is 0 Å². The summed E-state index contributed by atoms with van der Waals surface area (Å²) in [6.45, 7) is 10.6. The van der Waals surface area contributed by atoms with Gasteiger partial charge in [0.25, 0.3) is 11.8 Å². The lowest BCUT2D eigenvalue weighted by atomic mass is 9.80. The Kier molecular flexibility index (Phi) is 8.15. The van der Waals surface area contributed by atoms with Crippen molar-refractivity contribution in [3.63, 3.8) is 0 Å². The second-order valence-electron chi connectivity index (χ2n) is 11.4. The number of benzene rings is 2. The number of pyridine rings is 1. The summed E-state index contributed by atoms with van der Waals surface area (Å²) in [6, 6.07) is 20.7. The number of amides is 2. The Morgan fingerprint density at radius 3 is 2.37 bits per heavy atom. The number of para-hydroxylation sites is 1. The number of aromatic nitrogens is 1. The first-order valence-corrected chi connectivity index (χ1v) is 15.9.